The van der Waals surface area contributed by atoms with E-state index in [0.29, 0.717) is 5.57 Å². The molecular weight excluding hydrogens is 166 g/mol. The second-order valence-electron chi connectivity index (χ2n) is 3.28. The number of unbranched alkanes of at least 4 members (excludes halogenated alkanes) is 3. The molecule has 0 aliphatic carbocycles. The van der Waals surface area contributed by atoms with E-state index >= 15 is 0 Å². The van der Waals surface area contributed by atoms with Gasteiger partial charge in [-0.3, -0.25) is 14.9 Å². The van der Waals surface area contributed by atoms with Gasteiger partial charge in [-0.1, -0.05) is 25.8 Å². The van der Waals surface area contributed by atoms with E-state index in [-0.39, 0.29) is 18.2 Å². The van der Waals surface area contributed by atoms with E-state index in [1.54, 1.807) is 0 Å². The Balaban J connectivity index is 2.34. The number of hydrogen-bond acceptors (Lipinski definition) is 2. The maximum absolute atomic E-state index is 11.0. The molecule has 0 aromatic carbocycles. The summed E-state index contributed by atoms with van der Waals surface area (Å²) in [5.74, 6) is -0.381. The van der Waals surface area contributed by atoms with Gasteiger partial charge >= 0.3 is 0 Å². The van der Waals surface area contributed by atoms with Crippen molar-refractivity contribution in [2.24, 2.45) is 0 Å². The topological polar surface area (TPSA) is 46.2 Å². The summed E-state index contributed by atoms with van der Waals surface area (Å²) in [6.07, 6.45) is 6.51. The van der Waals surface area contributed by atoms with Crippen LogP contribution in [0.4, 0.5) is 0 Å². The Bertz CT molecular complexity index is 243. The first kappa shape index (κ1) is 9.96. The fourth-order valence-electron chi connectivity index (χ4n) is 1.34. The Morgan fingerprint density at radius 3 is 2.69 bits per heavy atom. The van der Waals surface area contributed by atoms with E-state index in [0.717, 1.165) is 12.8 Å². The van der Waals surface area contributed by atoms with Gasteiger partial charge in [0.05, 0.1) is 6.42 Å². The van der Waals surface area contributed by atoms with Crippen LogP contribution in [-0.2, 0) is 9.59 Å². The Hall–Kier alpha value is -1.12. The van der Waals surface area contributed by atoms with Crippen molar-refractivity contribution in [1.29, 1.82) is 0 Å². The van der Waals surface area contributed by atoms with E-state index < -0.39 is 0 Å². The number of rotatable bonds is 4. The lowest BCUT2D eigenvalue weighted by Crippen LogP contribution is -2.19. The number of carbonyl (C=O) groups is 2. The van der Waals surface area contributed by atoms with Crippen molar-refractivity contribution in [2.45, 2.75) is 39.0 Å². The van der Waals surface area contributed by atoms with Crippen LogP contribution in [0.1, 0.15) is 39.0 Å². The van der Waals surface area contributed by atoms with Gasteiger partial charge in [0.2, 0.25) is 5.91 Å². The smallest absolute Gasteiger partial charge is 0.253 e. The predicted octanol–water partition coefficient (Wildman–Crippen LogP) is 1.54. The highest BCUT2D eigenvalue weighted by molar-refractivity contribution is 6.13. The van der Waals surface area contributed by atoms with Crippen molar-refractivity contribution in [3.05, 3.63) is 11.6 Å². The monoisotopic (exact) mass is 181 g/mol. The second kappa shape index (κ2) is 4.80. The predicted molar refractivity (Wildman–Crippen MR) is 50.0 cm³/mol. The lowest BCUT2D eigenvalue weighted by molar-refractivity contribution is -0.124. The minimum atomic E-state index is -0.207. The quantitative estimate of drug-likeness (QED) is 0.406. The number of nitrogens with one attached hydrogen (secondary N) is 1. The van der Waals surface area contributed by atoms with Crippen LogP contribution in [-0.4, -0.2) is 11.8 Å². The van der Waals surface area contributed by atoms with E-state index in [4.69, 9.17) is 0 Å². The molecule has 0 saturated carbocycles. The van der Waals surface area contributed by atoms with Gasteiger partial charge in [-0.2, -0.15) is 0 Å². The van der Waals surface area contributed by atoms with Crippen LogP contribution in [0.3, 0.4) is 0 Å². The van der Waals surface area contributed by atoms with Gasteiger partial charge in [0, 0.05) is 5.57 Å². The molecule has 13 heavy (non-hydrogen) atoms. The summed E-state index contributed by atoms with van der Waals surface area (Å²) in [6, 6.07) is 0. The number of amides is 2. The standard InChI is InChI=1S/C10H15NO2/c1-2-3-4-5-6-8-7-9(12)11-10(8)13/h6H,2-5,7H2,1H3,(H,11,12,13). The summed E-state index contributed by atoms with van der Waals surface area (Å²) in [4.78, 5) is 21.8. The molecule has 0 spiro atoms. The average molecular weight is 181 g/mol. The molecule has 1 aliphatic rings. The van der Waals surface area contributed by atoms with Gasteiger partial charge in [0.25, 0.3) is 5.91 Å². The SMILES string of the molecule is CCCCCC=C1CC(=O)NC1=O. The van der Waals surface area contributed by atoms with Crippen molar-refractivity contribution >= 4 is 11.8 Å². The van der Waals surface area contributed by atoms with Crippen LogP contribution in [0, 0.1) is 0 Å². The third-order valence-corrected chi connectivity index (χ3v) is 2.09. The Labute approximate surface area is 78.2 Å². The van der Waals surface area contributed by atoms with E-state index in [1.807, 2.05) is 6.08 Å². The Kier molecular flexibility index (Phi) is 3.68. The zero-order chi connectivity index (χ0) is 9.68. The first-order valence-corrected chi connectivity index (χ1v) is 4.77. The zero-order valence-electron chi connectivity index (χ0n) is 7.93. The fraction of sp³-hybridized carbons (Fsp3) is 0.600. The molecular formula is C10H15NO2. The molecule has 3 heteroatoms. The van der Waals surface area contributed by atoms with Crippen LogP contribution >= 0.6 is 0 Å². The molecule has 1 N–H and O–H groups in total. The number of carbonyl (C=O) groups excluding carboxylic acids is 2. The van der Waals surface area contributed by atoms with Crippen LogP contribution in [0.2, 0.25) is 0 Å². The van der Waals surface area contributed by atoms with Crippen molar-refractivity contribution in [3.8, 4) is 0 Å². The van der Waals surface area contributed by atoms with Crippen molar-refractivity contribution < 1.29 is 9.59 Å². The summed E-state index contributed by atoms with van der Waals surface area (Å²) >= 11 is 0. The lowest BCUT2D eigenvalue weighted by atomic mass is 10.1. The third-order valence-electron chi connectivity index (χ3n) is 2.09. The molecule has 0 atom stereocenters. The first-order valence-electron chi connectivity index (χ1n) is 4.77. The highest BCUT2D eigenvalue weighted by Crippen LogP contribution is 2.11. The molecule has 1 aliphatic heterocycles. The third kappa shape index (κ3) is 3.01. The molecule has 72 valence electrons. The molecule has 1 fully saturated rings. The van der Waals surface area contributed by atoms with Crippen LogP contribution in [0.25, 0.3) is 0 Å². The van der Waals surface area contributed by atoms with E-state index in [9.17, 15) is 9.59 Å². The molecule has 3 nitrogen and oxygen atoms in total. The molecule has 0 aromatic heterocycles. The molecule has 0 bridgehead atoms. The van der Waals surface area contributed by atoms with Crippen LogP contribution < -0.4 is 5.32 Å². The number of hydrogen-bond donors (Lipinski definition) is 1. The molecule has 1 rings (SSSR count). The average Bonchev–Trinajstić information content (AvgIpc) is 2.39. The van der Waals surface area contributed by atoms with Crippen LogP contribution in [0.5, 0.6) is 0 Å². The minimum Gasteiger partial charge on any atom is -0.292 e. The van der Waals surface area contributed by atoms with Gasteiger partial charge in [0.15, 0.2) is 0 Å². The largest absolute Gasteiger partial charge is 0.292 e. The van der Waals surface area contributed by atoms with E-state index in [1.165, 1.54) is 12.8 Å². The van der Waals surface area contributed by atoms with E-state index in [2.05, 4.69) is 12.2 Å². The Morgan fingerprint density at radius 2 is 2.15 bits per heavy atom. The zero-order valence-corrected chi connectivity index (χ0v) is 7.93. The summed E-state index contributed by atoms with van der Waals surface area (Å²) < 4.78 is 0. The van der Waals surface area contributed by atoms with Gasteiger partial charge in [-0.05, 0) is 12.8 Å². The maximum Gasteiger partial charge on any atom is 0.253 e. The Morgan fingerprint density at radius 1 is 1.38 bits per heavy atom. The number of imide groups is 1. The number of allylic oxidation sites excluding steroid dienone is 1. The first-order chi connectivity index (χ1) is 6.24. The van der Waals surface area contributed by atoms with Crippen molar-refractivity contribution in [2.75, 3.05) is 0 Å². The summed E-state index contributed by atoms with van der Waals surface area (Å²) in [5.41, 5.74) is 0.640. The molecule has 1 saturated heterocycles. The highest BCUT2D eigenvalue weighted by atomic mass is 16.2. The van der Waals surface area contributed by atoms with Gasteiger partial charge in [-0.25, -0.2) is 0 Å². The minimum absolute atomic E-state index is 0.174. The molecule has 0 unspecified atom stereocenters. The molecule has 2 amide bonds. The normalized spacial score (nSPS) is 19.6. The summed E-state index contributed by atoms with van der Waals surface area (Å²) in [6.45, 7) is 2.14. The van der Waals surface area contributed by atoms with Gasteiger partial charge < -0.3 is 0 Å². The molecule has 1 heterocycles. The fourth-order valence-corrected chi connectivity index (χ4v) is 1.34. The molecule has 0 radical (unpaired) electrons. The molecule has 0 aromatic rings. The maximum atomic E-state index is 11.0. The summed E-state index contributed by atoms with van der Waals surface area (Å²) in [5, 5.41) is 2.26. The highest BCUT2D eigenvalue weighted by Gasteiger charge is 2.22. The van der Waals surface area contributed by atoms with Crippen molar-refractivity contribution in [1.82, 2.24) is 5.32 Å². The summed E-state index contributed by atoms with van der Waals surface area (Å²) in [7, 11) is 0. The lowest BCUT2D eigenvalue weighted by Gasteiger charge is -1.93. The van der Waals surface area contributed by atoms with Gasteiger partial charge in [0.1, 0.15) is 0 Å². The van der Waals surface area contributed by atoms with Gasteiger partial charge in [-0.15, -0.1) is 0 Å². The van der Waals surface area contributed by atoms with Crippen LogP contribution in [0.15, 0.2) is 11.6 Å². The van der Waals surface area contributed by atoms with Crippen molar-refractivity contribution in [3.63, 3.8) is 0 Å². The second-order valence-corrected chi connectivity index (χ2v) is 3.28.